The summed E-state index contributed by atoms with van der Waals surface area (Å²) in [5.74, 6) is 0.346. The van der Waals surface area contributed by atoms with Crippen molar-refractivity contribution in [3.8, 4) is 0 Å². The first kappa shape index (κ1) is 17.5. The second-order valence-corrected chi connectivity index (χ2v) is 4.81. The predicted octanol–water partition coefficient (Wildman–Crippen LogP) is -0.124. The molecule has 1 unspecified atom stereocenters. The number of hydrogen-bond acceptors (Lipinski definition) is 3. The van der Waals surface area contributed by atoms with Gasteiger partial charge in [-0.15, -0.1) is 0 Å². The van der Waals surface area contributed by atoms with Gasteiger partial charge < -0.3 is 15.5 Å². The van der Waals surface area contributed by atoms with E-state index in [1.54, 1.807) is 7.05 Å². The van der Waals surface area contributed by atoms with Crippen molar-refractivity contribution in [2.45, 2.75) is 19.1 Å². The first-order valence-electron chi connectivity index (χ1n) is 6.76. The number of carbonyl (C=O) groups is 1. The van der Waals surface area contributed by atoms with E-state index in [1.807, 2.05) is 4.90 Å². The molecule has 1 heterocycles. The zero-order valence-electron chi connectivity index (χ0n) is 12.5. The summed E-state index contributed by atoms with van der Waals surface area (Å²) in [5, 5.41) is 5.37. The summed E-state index contributed by atoms with van der Waals surface area (Å²) in [5.41, 5.74) is 0. The Morgan fingerprint density at radius 3 is 2.29 bits per heavy atom. The summed E-state index contributed by atoms with van der Waals surface area (Å²) in [4.78, 5) is 18.5. The van der Waals surface area contributed by atoms with Crippen molar-refractivity contribution in [3.63, 3.8) is 0 Å². The lowest BCUT2D eigenvalue weighted by Crippen LogP contribution is -2.57. The molecule has 1 rings (SSSR count). The van der Waals surface area contributed by atoms with Crippen molar-refractivity contribution in [2.24, 2.45) is 4.99 Å². The average Bonchev–Trinajstić information content (AvgIpc) is 2.46. The molecule has 1 fully saturated rings. The van der Waals surface area contributed by atoms with Crippen LogP contribution in [0.2, 0.25) is 0 Å². The standard InChI is InChI=1S/C12H22F3N5O/c1-9(12(13,14)15)19-4-6-20(7-5-19)11(17-3)18-8-10(21)16-2/h9H,4-8H2,1-3H3,(H,16,21)(H,17,18). The number of amides is 1. The Labute approximate surface area is 122 Å². The molecule has 21 heavy (non-hydrogen) atoms. The van der Waals surface area contributed by atoms with Crippen LogP contribution in [-0.2, 0) is 4.79 Å². The van der Waals surface area contributed by atoms with Gasteiger partial charge in [-0.3, -0.25) is 14.7 Å². The number of halogens is 3. The van der Waals surface area contributed by atoms with Crippen molar-refractivity contribution in [1.29, 1.82) is 0 Å². The van der Waals surface area contributed by atoms with Crippen LogP contribution in [0.25, 0.3) is 0 Å². The van der Waals surface area contributed by atoms with E-state index in [1.165, 1.54) is 18.9 Å². The van der Waals surface area contributed by atoms with E-state index in [0.717, 1.165) is 0 Å². The summed E-state index contributed by atoms with van der Waals surface area (Å²) in [6.45, 7) is 2.75. The number of nitrogens with zero attached hydrogens (tertiary/aromatic N) is 3. The molecular weight excluding hydrogens is 287 g/mol. The van der Waals surface area contributed by atoms with Gasteiger partial charge in [0.1, 0.15) is 6.04 Å². The van der Waals surface area contributed by atoms with Gasteiger partial charge in [0, 0.05) is 40.3 Å². The van der Waals surface area contributed by atoms with Gasteiger partial charge in [-0.25, -0.2) is 0 Å². The van der Waals surface area contributed by atoms with E-state index in [2.05, 4.69) is 15.6 Å². The van der Waals surface area contributed by atoms with Crippen molar-refractivity contribution >= 4 is 11.9 Å². The third-order valence-electron chi connectivity index (χ3n) is 3.53. The fourth-order valence-electron chi connectivity index (χ4n) is 2.11. The Morgan fingerprint density at radius 2 is 1.86 bits per heavy atom. The zero-order valence-corrected chi connectivity index (χ0v) is 12.5. The van der Waals surface area contributed by atoms with Crippen LogP contribution in [0.4, 0.5) is 13.2 Å². The molecule has 2 N–H and O–H groups in total. The zero-order chi connectivity index (χ0) is 16.0. The van der Waals surface area contributed by atoms with Gasteiger partial charge in [-0.1, -0.05) is 0 Å². The van der Waals surface area contributed by atoms with Gasteiger partial charge in [0.25, 0.3) is 0 Å². The lowest BCUT2D eigenvalue weighted by atomic mass is 10.2. The summed E-state index contributed by atoms with van der Waals surface area (Å²) >= 11 is 0. The molecule has 6 nitrogen and oxygen atoms in total. The molecule has 1 amide bonds. The van der Waals surface area contributed by atoms with Crippen LogP contribution in [0.5, 0.6) is 0 Å². The van der Waals surface area contributed by atoms with Gasteiger partial charge in [-0.05, 0) is 6.92 Å². The lowest BCUT2D eigenvalue weighted by Gasteiger charge is -2.39. The highest BCUT2D eigenvalue weighted by Crippen LogP contribution is 2.25. The van der Waals surface area contributed by atoms with Crippen molar-refractivity contribution in [2.75, 3.05) is 46.8 Å². The molecule has 0 aromatic rings. The first-order valence-corrected chi connectivity index (χ1v) is 6.76. The third-order valence-corrected chi connectivity index (χ3v) is 3.53. The molecule has 0 spiro atoms. The Balaban J connectivity index is 2.49. The van der Waals surface area contributed by atoms with E-state index in [4.69, 9.17) is 0 Å². The topological polar surface area (TPSA) is 60.0 Å². The molecule has 122 valence electrons. The van der Waals surface area contributed by atoms with Crippen LogP contribution in [0.1, 0.15) is 6.92 Å². The normalized spacial score (nSPS) is 19.3. The van der Waals surface area contributed by atoms with Crippen LogP contribution < -0.4 is 10.6 Å². The lowest BCUT2D eigenvalue weighted by molar-refractivity contribution is -0.181. The van der Waals surface area contributed by atoms with E-state index >= 15 is 0 Å². The Kier molecular flexibility index (Phi) is 6.25. The van der Waals surface area contributed by atoms with Crippen molar-refractivity contribution in [1.82, 2.24) is 20.4 Å². The summed E-state index contributed by atoms with van der Waals surface area (Å²) in [7, 11) is 3.11. The number of aliphatic imine (C=N–C) groups is 1. The highest BCUT2D eigenvalue weighted by Gasteiger charge is 2.41. The summed E-state index contributed by atoms with van der Waals surface area (Å²) in [6, 6.07) is -1.44. The van der Waals surface area contributed by atoms with E-state index in [0.29, 0.717) is 32.1 Å². The fourth-order valence-corrected chi connectivity index (χ4v) is 2.11. The number of hydrogen-bond donors (Lipinski definition) is 2. The number of carbonyl (C=O) groups excluding carboxylic acids is 1. The number of nitrogens with one attached hydrogen (secondary N) is 2. The van der Waals surface area contributed by atoms with E-state index in [9.17, 15) is 18.0 Å². The number of piperazine rings is 1. The largest absolute Gasteiger partial charge is 0.403 e. The van der Waals surface area contributed by atoms with Gasteiger partial charge in [0.2, 0.25) is 5.91 Å². The molecular formula is C12H22F3N5O. The molecule has 0 bridgehead atoms. The number of likely N-dealkylation sites (N-methyl/N-ethyl adjacent to an activating group) is 1. The van der Waals surface area contributed by atoms with Crippen molar-refractivity contribution < 1.29 is 18.0 Å². The summed E-state index contributed by atoms with van der Waals surface area (Å²) < 4.78 is 38.0. The molecule has 1 aliphatic rings. The Morgan fingerprint density at radius 1 is 1.29 bits per heavy atom. The third kappa shape index (κ3) is 5.07. The maximum absolute atomic E-state index is 12.7. The smallest absolute Gasteiger partial charge is 0.358 e. The summed E-state index contributed by atoms with van der Waals surface area (Å²) in [6.07, 6.45) is -4.21. The van der Waals surface area contributed by atoms with Gasteiger partial charge in [0.05, 0.1) is 6.54 Å². The molecule has 0 aliphatic carbocycles. The molecule has 0 saturated carbocycles. The van der Waals surface area contributed by atoms with E-state index in [-0.39, 0.29) is 12.5 Å². The van der Waals surface area contributed by atoms with Crippen molar-refractivity contribution in [3.05, 3.63) is 0 Å². The molecule has 0 radical (unpaired) electrons. The minimum absolute atomic E-state index is 0.0857. The molecule has 9 heteroatoms. The maximum Gasteiger partial charge on any atom is 0.403 e. The average molecular weight is 309 g/mol. The molecule has 0 aromatic carbocycles. The maximum atomic E-state index is 12.7. The van der Waals surface area contributed by atoms with Crippen LogP contribution in [0.15, 0.2) is 4.99 Å². The SMILES string of the molecule is CN=C(NCC(=O)NC)N1CCN(C(C)C(F)(F)F)CC1. The molecule has 0 aromatic heterocycles. The second kappa shape index (κ2) is 7.48. The van der Waals surface area contributed by atoms with E-state index < -0.39 is 12.2 Å². The van der Waals surface area contributed by atoms with Gasteiger partial charge >= 0.3 is 6.18 Å². The van der Waals surface area contributed by atoms with Crippen LogP contribution in [-0.4, -0.2) is 80.7 Å². The quantitative estimate of drug-likeness (QED) is 0.563. The van der Waals surface area contributed by atoms with Gasteiger partial charge in [0.15, 0.2) is 5.96 Å². The predicted molar refractivity (Wildman–Crippen MR) is 74.1 cm³/mol. The first-order chi connectivity index (χ1) is 9.79. The molecule has 1 saturated heterocycles. The minimum atomic E-state index is -4.21. The number of guanidine groups is 1. The fraction of sp³-hybridized carbons (Fsp3) is 0.833. The monoisotopic (exact) mass is 309 g/mol. The number of rotatable bonds is 3. The van der Waals surface area contributed by atoms with Crippen LogP contribution >= 0.6 is 0 Å². The van der Waals surface area contributed by atoms with Crippen LogP contribution in [0.3, 0.4) is 0 Å². The molecule has 1 aliphatic heterocycles. The van der Waals surface area contributed by atoms with Gasteiger partial charge in [-0.2, -0.15) is 13.2 Å². The highest BCUT2D eigenvalue weighted by molar-refractivity contribution is 5.86. The number of alkyl halides is 3. The highest BCUT2D eigenvalue weighted by atomic mass is 19.4. The second-order valence-electron chi connectivity index (χ2n) is 4.81. The Bertz CT molecular complexity index is 378. The Hall–Kier alpha value is -1.51. The van der Waals surface area contributed by atoms with Crippen LogP contribution in [0, 0.1) is 0 Å². The minimum Gasteiger partial charge on any atom is -0.358 e. The molecule has 1 atom stereocenters.